The lowest BCUT2D eigenvalue weighted by Gasteiger charge is -2.41. The van der Waals surface area contributed by atoms with Gasteiger partial charge in [0, 0.05) is 12.1 Å². The van der Waals surface area contributed by atoms with Gasteiger partial charge in [-0.3, -0.25) is 4.79 Å². The molecule has 2 aliphatic carbocycles. The van der Waals surface area contributed by atoms with Crippen LogP contribution < -0.4 is 5.14 Å². The van der Waals surface area contributed by atoms with Gasteiger partial charge in [-0.15, -0.1) is 0 Å². The van der Waals surface area contributed by atoms with E-state index in [0.29, 0.717) is 31.7 Å². The number of rotatable bonds is 2. The molecule has 1 aliphatic heterocycles. The molecule has 2 N–H and O–H groups in total. The molecule has 1 saturated heterocycles. The highest BCUT2D eigenvalue weighted by Gasteiger charge is 2.44. The Morgan fingerprint density at radius 1 is 1.10 bits per heavy atom. The van der Waals surface area contributed by atoms with Gasteiger partial charge in [0.15, 0.2) is 0 Å². The molecule has 1 fully saturated rings. The van der Waals surface area contributed by atoms with Crippen LogP contribution in [0.5, 0.6) is 0 Å². The number of sulfonamides is 1. The van der Waals surface area contributed by atoms with Crippen LogP contribution in [0.2, 0.25) is 0 Å². The molecule has 0 radical (unpaired) electrons. The third-order valence-corrected chi connectivity index (χ3v) is 7.48. The van der Waals surface area contributed by atoms with Gasteiger partial charge in [0.2, 0.25) is 10.0 Å². The maximum absolute atomic E-state index is 13.4. The average Bonchev–Trinajstić information content (AvgIpc) is 3.31. The third-order valence-electron chi connectivity index (χ3n) is 6.51. The summed E-state index contributed by atoms with van der Waals surface area (Å²) in [6, 6.07) is 11.6. The van der Waals surface area contributed by atoms with Crippen molar-refractivity contribution < 1.29 is 17.9 Å². The first kappa shape index (κ1) is 18.8. The van der Waals surface area contributed by atoms with Crippen LogP contribution in [0.25, 0.3) is 0 Å². The van der Waals surface area contributed by atoms with Gasteiger partial charge in [0.05, 0.1) is 18.0 Å². The third kappa shape index (κ3) is 3.08. The number of carbonyl (C=O) groups is 1. The first-order valence-electron chi connectivity index (χ1n) is 10.1. The van der Waals surface area contributed by atoms with E-state index in [1.807, 2.05) is 18.2 Å². The van der Waals surface area contributed by atoms with E-state index in [-0.39, 0.29) is 10.8 Å². The molecule has 0 aromatic heterocycles. The quantitative estimate of drug-likeness (QED) is 0.818. The van der Waals surface area contributed by atoms with E-state index >= 15 is 0 Å². The first-order chi connectivity index (χ1) is 13.9. The van der Waals surface area contributed by atoms with Gasteiger partial charge in [0.25, 0.3) is 5.91 Å². The fourth-order valence-electron chi connectivity index (χ4n) is 5.15. The molecule has 0 bridgehead atoms. The van der Waals surface area contributed by atoms with Gasteiger partial charge in [-0.05, 0) is 66.5 Å². The van der Waals surface area contributed by atoms with Crippen LogP contribution in [0.15, 0.2) is 41.3 Å². The lowest BCUT2D eigenvalue weighted by molar-refractivity contribution is -0.103. The van der Waals surface area contributed by atoms with Crippen LogP contribution in [0.1, 0.15) is 45.5 Å². The molecule has 1 amide bonds. The van der Waals surface area contributed by atoms with E-state index in [0.717, 1.165) is 42.4 Å². The Kier molecular flexibility index (Phi) is 4.31. The zero-order valence-corrected chi connectivity index (χ0v) is 17.0. The summed E-state index contributed by atoms with van der Waals surface area (Å²) in [5, 5.41) is 5.45. The highest BCUT2D eigenvalue weighted by atomic mass is 32.2. The van der Waals surface area contributed by atoms with E-state index in [1.165, 1.54) is 11.6 Å². The standard InChI is InChI=1S/C22H24N2O4S/c23-29(26,27)20-13-17(12-16-5-3-6-18(16)20)21(25)24-10-11-28-22(14-24)9-8-15-4-1-2-7-19(15)22/h1-2,4,7,12-13H,3,5-6,8-11,14H2,(H2,23,26,27). The number of benzene rings is 2. The minimum Gasteiger partial charge on any atom is -0.367 e. The predicted molar refractivity (Wildman–Crippen MR) is 108 cm³/mol. The number of nitrogens with zero attached hydrogens (tertiary/aromatic N) is 1. The Balaban J connectivity index is 1.49. The number of ether oxygens (including phenoxy) is 1. The Morgan fingerprint density at radius 2 is 1.93 bits per heavy atom. The number of nitrogens with two attached hydrogens (primary N) is 1. The van der Waals surface area contributed by atoms with Gasteiger partial charge >= 0.3 is 0 Å². The molecule has 3 aliphatic rings. The normalized spacial score (nSPS) is 23.3. The lowest BCUT2D eigenvalue weighted by Crippen LogP contribution is -2.51. The summed E-state index contributed by atoms with van der Waals surface area (Å²) < 4.78 is 30.4. The molecular formula is C22H24N2O4S. The molecule has 0 saturated carbocycles. The summed E-state index contributed by atoms with van der Waals surface area (Å²) in [6.45, 7) is 1.43. The number of primary sulfonamides is 1. The summed E-state index contributed by atoms with van der Waals surface area (Å²) in [7, 11) is -3.87. The molecule has 2 aromatic carbocycles. The maximum atomic E-state index is 13.4. The lowest BCUT2D eigenvalue weighted by atomic mass is 9.93. The average molecular weight is 413 g/mol. The smallest absolute Gasteiger partial charge is 0.254 e. The molecule has 5 rings (SSSR count). The molecule has 1 spiro atoms. The van der Waals surface area contributed by atoms with E-state index < -0.39 is 15.6 Å². The number of hydrogen-bond acceptors (Lipinski definition) is 4. The van der Waals surface area contributed by atoms with Crippen LogP contribution >= 0.6 is 0 Å². The van der Waals surface area contributed by atoms with E-state index in [2.05, 4.69) is 12.1 Å². The summed E-state index contributed by atoms with van der Waals surface area (Å²) in [6.07, 6.45) is 4.13. The van der Waals surface area contributed by atoms with Gasteiger partial charge < -0.3 is 9.64 Å². The van der Waals surface area contributed by atoms with Crippen LogP contribution in [0, 0.1) is 0 Å². The number of aryl methyl sites for hydroxylation is 2. The highest BCUT2D eigenvalue weighted by molar-refractivity contribution is 7.89. The molecule has 6 nitrogen and oxygen atoms in total. The van der Waals surface area contributed by atoms with Crippen molar-refractivity contribution in [3.63, 3.8) is 0 Å². The SMILES string of the molecule is NS(=O)(=O)c1cc(C(=O)N2CCOC3(CCc4ccccc43)C2)cc2c1CCC2. The van der Waals surface area contributed by atoms with Crippen molar-refractivity contribution in [3.05, 3.63) is 64.2 Å². The maximum Gasteiger partial charge on any atom is 0.254 e. The van der Waals surface area contributed by atoms with E-state index in [4.69, 9.17) is 9.88 Å². The minimum atomic E-state index is -3.87. The Bertz CT molecular complexity index is 1110. The van der Waals surface area contributed by atoms with Gasteiger partial charge in [0.1, 0.15) is 5.60 Å². The van der Waals surface area contributed by atoms with E-state index in [1.54, 1.807) is 4.90 Å². The molecular weight excluding hydrogens is 388 g/mol. The molecule has 1 atom stereocenters. The molecule has 7 heteroatoms. The molecule has 1 unspecified atom stereocenters. The fraction of sp³-hybridized carbons (Fsp3) is 0.409. The number of amides is 1. The van der Waals surface area contributed by atoms with Crippen LogP contribution in [0.4, 0.5) is 0 Å². The molecule has 152 valence electrons. The van der Waals surface area contributed by atoms with E-state index in [9.17, 15) is 13.2 Å². The first-order valence-corrected chi connectivity index (χ1v) is 11.6. The Labute approximate surface area is 170 Å². The number of morpholine rings is 1. The summed E-state index contributed by atoms with van der Waals surface area (Å²) in [4.78, 5) is 15.3. The van der Waals surface area contributed by atoms with Crippen molar-refractivity contribution in [2.45, 2.75) is 42.6 Å². The molecule has 2 aromatic rings. The zero-order chi connectivity index (χ0) is 20.2. The second kappa shape index (κ2) is 6.65. The monoisotopic (exact) mass is 412 g/mol. The highest BCUT2D eigenvalue weighted by Crippen LogP contribution is 2.42. The zero-order valence-electron chi connectivity index (χ0n) is 16.2. The summed E-state index contributed by atoms with van der Waals surface area (Å²) in [5.41, 5.74) is 4.07. The number of carbonyl (C=O) groups excluding carboxylic acids is 1. The summed E-state index contributed by atoms with van der Waals surface area (Å²) >= 11 is 0. The largest absolute Gasteiger partial charge is 0.367 e. The molecule has 1 heterocycles. The van der Waals surface area contributed by atoms with Crippen LogP contribution in [-0.2, 0) is 39.6 Å². The Morgan fingerprint density at radius 3 is 2.76 bits per heavy atom. The van der Waals surface area contributed by atoms with Crippen LogP contribution in [-0.4, -0.2) is 38.9 Å². The second-order valence-corrected chi connectivity index (χ2v) is 9.77. The predicted octanol–water partition coefficient (Wildman–Crippen LogP) is 2.14. The topological polar surface area (TPSA) is 89.7 Å². The van der Waals surface area contributed by atoms with Crippen molar-refractivity contribution in [3.8, 4) is 0 Å². The van der Waals surface area contributed by atoms with Crippen molar-refractivity contribution in [1.82, 2.24) is 4.90 Å². The van der Waals surface area contributed by atoms with Gasteiger partial charge in [-0.2, -0.15) is 0 Å². The van der Waals surface area contributed by atoms with Crippen molar-refractivity contribution in [1.29, 1.82) is 0 Å². The summed E-state index contributed by atoms with van der Waals surface area (Å²) in [5.74, 6) is -0.156. The Hall–Kier alpha value is -2.22. The second-order valence-electron chi connectivity index (χ2n) is 8.24. The van der Waals surface area contributed by atoms with Crippen molar-refractivity contribution >= 4 is 15.9 Å². The number of fused-ring (bicyclic) bond motifs is 3. The van der Waals surface area contributed by atoms with Crippen LogP contribution in [0.3, 0.4) is 0 Å². The number of hydrogen-bond donors (Lipinski definition) is 1. The minimum absolute atomic E-state index is 0.102. The van der Waals surface area contributed by atoms with Crippen molar-refractivity contribution in [2.75, 3.05) is 19.7 Å². The van der Waals surface area contributed by atoms with Crippen molar-refractivity contribution in [2.24, 2.45) is 5.14 Å². The van der Waals surface area contributed by atoms with Gasteiger partial charge in [-0.25, -0.2) is 13.6 Å². The molecule has 29 heavy (non-hydrogen) atoms. The fourth-order valence-corrected chi connectivity index (χ4v) is 6.02. The van der Waals surface area contributed by atoms with Gasteiger partial charge in [-0.1, -0.05) is 24.3 Å².